The number of halogens is 2. The van der Waals surface area contributed by atoms with Crippen LogP contribution in [0.15, 0.2) is 18.2 Å². The van der Waals surface area contributed by atoms with Gasteiger partial charge < -0.3 is 4.74 Å². The maximum atomic E-state index is 13.4. The number of ether oxygens (including phenoxy) is 1. The Morgan fingerprint density at radius 3 is 2.29 bits per heavy atom. The van der Waals surface area contributed by atoms with Crippen LogP contribution in [0.2, 0.25) is 0 Å². The van der Waals surface area contributed by atoms with Crippen molar-refractivity contribution < 1.29 is 18.3 Å². The van der Waals surface area contributed by atoms with E-state index in [0.29, 0.717) is 6.42 Å². The van der Waals surface area contributed by atoms with Crippen molar-refractivity contribution >= 4 is 5.78 Å². The van der Waals surface area contributed by atoms with Gasteiger partial charge in [0.25, 0.3) is 0 Å². The molecule has 1 rings (SSSR count). The van der Waals surface area contributed by atoms with Gasteiger partial charge in [-0.1, -0.05) is 13.0 Å². The van der Waals surface area contributed by atoms with Gasteiger partial charge in [-0.05, 0) is 25.5 Å². The number of ketones is 1. The van der Waals surface area contributed by atoms with Crippen molar-refractivity contribution in [1.82, 2.24) is 0 Å². The Morgan fingerprint density at radius 2 is 1.88 bits per heavy atom. The number of benzene rings is 1. The van der Waals surface area contributed by atoms with Gasteiger partial charge in [0.2, 0.25) is 0 Å². The molecular formula is C13H16F2O2. The first kappa shape index (κ1) is 13.8. The lowest BCUT2D eigenvalue weighted by Crippen LogP contribution is -2.38. The van der Waals surface area contributed by atoms with Gasteiger partial charge in [-0.3, -0.25) is 4.79 Å². The third-order valence-electron chi connectivity index (χ3n) is 3.11. The SMILES string of the molecule is CCC(C)(OC)C(=O)Cc1c(F)cccc1F. The normalized spacial score (nSPS) is 14.4. The molecule has 1 atom stereocenters. The van der Waals surface area contributed by atoms with Gasteiger partial charge in [0, 0.05) is 19.1 Å². The van der Waals surface area contributed by atoms with E-state index >= 15 is 0 Å². The van der Waals surface area contributed by atoms with Crippen molar-refractivity contribution in [2.45, 2.75) is 32.3 Å². The number of carbonyl (C=O) groups is 1. The van der Waals surface area contributed by atoms with E-state index in [1.807, 2.05) is 0 Å². The molecule has 1 aromatic rings. The second-order valence-electron chi connectivity index (χ2n) is 4.09. The number of methoxy groups -OCH3 is 1. The molecule has 0 N–H and O–H groups in total. The second-order valence-corrected chi connectivity index (χ2v) is 4.09. The fourth-order valence-electron chi connectivity index (χ4n) is 1.50. The minimum atomic E-state index is -0.991. The predicted molar refractivity (Wildman–Crippen MR) is 60.8 cm³/mol. The van der Waals surface area contributed by atoms with E-state index < -0.39 is 17.2 Å². The molecule has 0 saturated carbocycles. The number of carbonyl (C=O) groups excluding carboxylic acids is 1. The highest BCUT2D eigenvalue weighted by Gasteiger charge is 2.31. The largest absolute Gasteiger partial charge is 0.371 e. The molecule has 0 fully saturated rings. The summed E-state index contributed by atoms with van der Waals surface area (Å²) in [7, 11) is 1.42. The lowest BCUT2D eigenvalue weighted by Gasteiger charge is -2.25. The minimum absolute atomic E-state index is 0.200. The summed E-state index contributed by atoms with van der Waals surface area (Å²) < 4.78 is 31.9. The molecule has 0 heterocycles. The molecule has 0 aliphatic rings. The van der Waals surface area contributed by atoms with Crippen LogP contribution in [-0.2, 0) is 16.0 Å². The Balaban J connectivity index is 2.96. The topological polar surface area (TPSA) is 26.3 Å². The summed E-state index contributed by atoms with van der Waals surface area (Å²) in [6.07, 6.45) is 0.162. The van der Waals surface area contributed by atoms with Gasteiger partial charge in [0.1, 0.15) is 17.2 Å². The van der Waals surface area contributed by atoms with E-state index in [1.54, 1.807) is 13.8 Å². The number of Topliss-reactive ketones (excluding diaryl/α,β-unsaturated/α-hetero) is 1. The van der Waals surface area contributed by atoms with Crippen LogP contribution in [0.1, 0.15) is 25.8 Å². The lowest BCUT2D eigenvalue weighted by molar-refractivity contribution is -0.138. The van der Waals surface area contributed by atoms with Gasteiger partial charge in [0.15, 0.2) is 5.78 Å². The Hall–Kier alpha value is -1.29. The van der Waals surface area contributed by atoms with Crippen molar-refractivity contribution in [3.63, 3.8) is 0 Å². The van der Waals surface area contributed by atoms with Crippen molar-refractivity contribution in [1.29, 1.82) is 0 Å². The fraction of sp³-hybridized carbons (Fsp3) is 0.462. The van der Waals surface area contributed by atoms with Crippen molar-refractivity contribution in [3.8, 4) is 0 Å². The minimum Gasteiger partial charge on any atom is -0.371 e. The summed E-state index contributed by atoms with van der Waals surface area (Å²) in [5.41, 5.74) is -1.19. The van der Waals surface area contributed by atoms with Crippen LogP contribution < -0.4 is 0 Å². The summed E-state index contributed by atoms with van der Waals surface area (Å²) in [6, 6.07) is 3.55. The molecule has 0 radical (unpaired) electrons. The molecule has 0 amide bonds. The molecule has 17 heavy (non-hydrogen) atoms. The van der Waals surface area contributed by atoms with Crippen LogP contribution in [0, 0.1) is 11.6 Å². The lowest BCUT2D eigenvalue weighted by atomic mass is 9.92. The average molecular weight is 242 g/mol. The summed E-state index contributed by atoms with van der Waals surface area (Å²) in [6.45, 7) is 3.41. The molecule has 1 unspecified atom stereocenters. The molecule has 2 nitrogen and oxygen atoms in total. The first-order chi connectivity index (χ1) is 7.94. The van der Waals surface area contributed by atoms with Crippen LogP contribution >= 0.6 is 0 Å². The Labute approximate surface area is 99.6 Å². The smallest absolute Gasteiger partial charge is 0.168 e. The van der Waals surface area contributed by atoms with E-state index in [2.05, 4.69) is 0 Å². The summed E-state index contributed by atoms with van der Waals surface area (Å²) in [5.74, 6) is -1.73. The Morgan fingerprint density at radius 1 is 1.35 bits per heavy atom. The van der Waals surface area contributed by atoms with Gasteiger partial charge in [-0.15, -0.1) is 0 Å². The first-order valence-corrected chi connectivity index (χ1v) is 5.46. The molecule has 4 heteroatoms. The summed E-state index contributed by atoms with van der Waals surface area (Å²) >= 11 is 0. The van der Waals surface area contributed by atoms with Gasteiger partial charge >= 0.3 is 0 Å². The Kier molecular flexibility index (Phi) is 4.34. The maximum Gasteiger partial charge on any atom is 0.168 e. The molecule has 94 valence electrons. The average Bonchev–Trinajstić information content (AvgIpc) is 2.32. The predicted octanol–water partition coefficient (Wildman–Crippen LogP) is 2.89. The highest BCUT2D eigenvalue weighted by atomic mass is 19.1. The number of rotatable bonds is 5. The quantitative estimate of drug-likeness (QED) is 0.793. The molecule has 0 aliphatic heterocycles. The van der Waals surface area contributed by atoms with Gasteiger partial charge in [-0.2, -0.15) is 0 Å². The van der Waals surface area contributed by atoms with Crippen LogP contribution in [0.25, 0.3) is 0 Å². The highest BCUT2D eigenvalue weighted by molar-refractivity contribution is 5.88. The van der Waals surface area contributed by atoms with E-state index in [1.165, 1.54) is 13.2 Å². The van der Waals surface area contributed by atoms with Crippen molar-refractivity contribution in [2.24, 2.45) is 0 Å². The maximum absolute atomic E-state index is 13.4. The van der Waals surface area contributed by atoms with Gasteiger partial charge in [0.05, 0.1) is 0 Å². The molecule has 0 aromatic heterocycles. The molecule has 0 spiro atoms. The molecular weight excluding hydrogens is 226 g/mol. The van der Waals surface area contributed by atoms with Crippen LogP contribution in [-0.4, -0.2) is 18.5 Å². The van der Waals surface area contributed by atoms with Crippen molar-refractivity contribution in [2.75, 3.05) is 7.11 Å². The summed E-state index contributed by atoms with van der Waals surface area (Å²) in [4.78, 5) is 11.9. The Bertz CT molecular complexity index is 392. The monoisotopic (exact) mass is 242 g/mol. The van der Waals surface area contributed by atoms with Crippen LogP contribution in [0.4, 0.5) is 8.78 Å². The number of hydrogen-bond acceptors (Lipinski definition) is 2. The van der Waals surface area contributed by atoms with Crippen LogP contribution in [0.3, 0.4) is 0 Å². The fourth-order valence-corrected chi connectivity index (χ4v) is 1.50. The first-order valence-electron chi connectivity index (χ1n) is 5.46. The summed E-state index contributed by atoms with van der Waals surface area (Å²) in [5, 5.41) is 0. The van der Waals surface area contributed by atoms with Gasteiger partial charge in [-0.25, -0.2) is 8.78 Å². The zero-order chi connectivity index (χ0) is 13.1. The highest BCUT2D eigenvalue weighted by Crippen LogP contribution is 2.20. The number of hydrogen-bond donors (Lipinski definition) is 0. The van der Waals surface area contributed by atoms with E-state index in [9.17, 15) is 13.6 Å². The zero-order valence-electron chi connectivity index (χ0n) is 10.2. The second kappa shape index (κ2) is 5.36. The molecule has 0 aliphatic carbocycles. The standard InChI is InChI=1S/C13H16F2O2/c1-4-13(2,17-3)12(16)8-9-10(14)6-5-7-11(9)15/h5-7H,4,8H2,1-3H3. The van der Waals surface area contributed by atoms with E-state index in [4.69, 9.17) is 4.74 Å². The molecule has 0 bridgehead atoms. The molecule has 1 aromatic carbocycles. The third kappa shape index (κ3) is 2.88. The van der Waals surface area contributed by atoms with E-state index in [0.717, 1.165) is 12.1 Å². The zero-order valence-corrected chi connectivity index (χ0v) is 10.2. The van der Waals surface area contributed by atoms with Crippen LogP contribution in [0.5, 0.6) is 0 Å². The van der Waals surface area contributed by atoms with E-state index in [-0.39, 0.29) is 17.8 Å². The van der Waals surface area contributed by atoms with Crippen molar-refractivity contribution in [3.05, 3.63) is 35.4 Å². The third-order valence-corrected chi connectivity index (χ3v) is 3.11. The molecule has 0 saturated heterocycles.